The lowest BCUT2D eigenvalue weighted by Gasteiger charge is -2.27. The summed E-state index contributed by atoms with van der Waals surface area (Å²) >= 11 is 0. The van der Waals surface area contributed by atoms with Crippen molar-refractivity contribution in [1.29, 1.82) is 0 Å². The van der Waals surface area contributed by atoms with Crippen LogP contribution in [-0.4, -0.2) is 58.4 Å². The maximum Gasteiger partial charge on any atom is 0.193 e. The van der Waals surface area contributed by atoms with Crippen molar-refractivity contribution < 1.29 is 14.2 Å². The average molecular weight is 378 g/mol. The molecule has 1 N–H and O–H groups in total. The van der Waals surface area contributed by atoms with Gasteiger partial charge in [0.25, 0.3) is 0 Å². The van der Waals surface area contributed by atoms with Crippen LogP contribution in [0.2, 0.25) is 0 Å². The molecule has 0 bridgehead atoms. The van der Waals surface area contributed by atoms with Gasteiger partial charge in [-0.05, 0) is 49.3 Å². The van der Waals surface area contributed by atoms with Crippen LogP contribution in [0.3, 0.4) is 0 Å². The van der Waals surface area contributed by atoms with E-state index in [9.17, 15) is 0 Å². The number of guanidine groups is 1. The predicted molar refractivity (Wildman–Crippen MR) is 110 cm³/mol. The van der Waals surface area contributed by atoms with E-state index in [1.165, 1.54) is 19.3 Å². The van der Waals surface area contributed by atoms with E-state index in [-0.39, 0.29) is 0 Å². The minimum absolute atomic E-state index is 0.693. The molecule has 6 heteroatoms. The summed E-state index contributed by atoms with van der Waals surface area (Å²) in [7, 11) is 5.60. The Morgan fingerprint density at radius 1 is 1.30 bits per heavy atom. The molecule has 1 fully saturated rings. The highest BCUT2D eigenvalue weighted by Gasteiger charge is 2.15. The summed E-state index contributed by atoms with van der Waals surface area (Å²) in [6.07, 6.45) is 4.50. The summed E-state index contributed by atoms with van der Waals surface area (Å²) in [6.45, 7) is 6.28. The fourth-order valence-corrected chi connectivity index (χ4v) is 3.24. The lowest BCUT2D eigenvalue weighted by Crippen LogP contribution is -2.39. The van der Waals surface area contributed by atoms with Gasteiger partial charge in [0.15, 0.2) is 17.5 Å². The first-order valence-electron chi connectivity index (χ1n) is 9.97. The third-order valence-electron chi connectivity index (χ3n) is 4.93. The summed E-state index contributed by atoms with van der Waals surface area (Å²) in [5.41, 5.74) is 1.13. The Balaban J connectivity index is 1.85. The maximum atomic E-state index is 5.72. The number of ether oxygens (including phenoxy) is 3. The molecule has 0 unspecified atom stereocenters. The quantitative estimate of drug-likeness (QED) is 0.529. The molecule has 1 aliphatic rings. The van der Waals surface area contributed by atoms with E-state index >= 15 is 0 Å². The Kier molecular flexibility index (Phi) is 9.25. The van der Waals surface area contributed by atoms with Gasteiger partial charge < -0.3 is 24.4 Å². The molecule has 1 aromatic carbocycles. The van der Waals surface area contributed by atoms with Gasteiger partial charge in [-0.1, -0.05) is 13.0 Å². The fourth-order valence-electron chi connectivity index (χ4n) is 3.24. The van der Waals surface area contributed by atoms with Crippen molar-refractivity contribution in [2.45, 2.75) is 39.2 Å². The van der Waals surface area contributed by atoms with Gasteiger partial charge in [0.1, 0.15) is 0 Å². The molecule has 0 aliphatic carbocycles. The fraction of sp³-hybridized carbons (Fsp3) is 0.667. The van der Waals surface area contributed by atoms with Gasteiger partial charge in [-0.15, -0.1) is 0 Å². The van der Waals surface area contributed by atoms with Crippen molar-refractivity contribution in [3.63, 3.8) is 0 Å². The highest BCUT2D eigenvalue weighted by molar-refractivity contribution is 5.79. The average Bonchev–Trinajstić information content (AvgIpc) is 2.72. The van der Waals surface area contributed by atoms with Gasteiger partial charge in [0, 0.05) is 40.4 Å². The standard InChI is InChI=1S/C21H35N3O3/c1-5-12-27-19-7-6-18(15-20(19)25-4)16-23-21(22-2)24(3)11-8-17-9-13-26-14-10-17/h6-7,15,17H,5,8-14,16H2,1-4H3,(H,22,23). The Morgan fingerprint density at radius 3 is 2.74 bits per heavy atom. The third-order valence-corrected chi connectivity index (χ3v) is 4.93. The first-order chi connectivity index (χ1) is 13.2. The van der Waals surface area contributed by atoms with Crippen molar-refractivity contribution in [3.05, 3.63) is 23.8 Å². The number of benzene rings is 1. The largest absolute Gasteiger partial charge is 0.493 e. The summed E-state index contributed by atoms with van der Waals surface area (Å²) in [6, 6.07) is 6.06. The van der Waals surface area contributed by atoms with E-state index < -0.39 is 0 Å². The Hall–Kier alpha value is -1.95. The van der Waals surface area contributed by atoms with Crippen molar-refractivity contribution in [1.82, 2.24) is 10.2 Å². The summed E-state index contributed by atoms with van der Waals surface area (Å²) in [5, 5.41) is 3.44. The second-order valence-corrected chi connectivity index (χ2v) is 7.00. The molecule has 2 rings (SSSR count). The zero-order chi connectivity index (χ0) is 19.5. The number of rotatable bonds is 9. The molecule has 1 aromatic rings. The molecule has 0 saturated carbocycles. The zero-order valence-corrected chi connectivity index (χ0v) is 17.3. The topological polar surface area (TPSA) is 55.3 Å². The molecule has 0 atom stereocenters. The van der Waals surface area contributed by atoms with E-state index in [4.69, 9.17) is 14.2 Å². The van der Waals surface area contributed by atoms with Gasteiger partial charge in [0.05, 0.1) is 13.7 Å². The van der Waals surface area contributed by atoms with Crippen LogP contribution in [0.15, 0.2) is 23.2 Å². The minimum Gasteiger partial charge on any atom is -0.493 e. The van der Waals surface area contributed by atoms with E-state index in [0.717, 1.165) is 55.1 Å². The smallest absolute Gasteiger partial charge is 0.193 e. The van der Waals surface area contributed by atoms with Crippen molar-refractivity contribution >= 4 is 5.96 Å². The molecule has 6 nitrogen and oxygen atoms in total. The van der Waals surface area contributed by atoms with Crippen molar-refractivity contribution in [2.24, 2.45) is 10.9 Å². The summed E-state index contributed by atoms with van der Waals surface area (Å²) < 4.78 is 16.6. The molecule has 152 valence electrons. The summed E-state index contributed by atoms with van der Waals surface area (Å²) in [4.78, 5) is 6.62. The molecule has 1 saturated heterocycles. The number of methoxy groups -OCH3 is 1. The molecule has 1 heterocycles. The second kappa shape index (κ2) is 11.7. The number of hydrogen-bond acceptors (Lipinski definition) is 4. The molecule has 0 aromatic heterocycles. The third kappa shape index (κ3) is 6.94. The van der Waals surface area contributed by atoms with Crippen LogP contribution in [-0.2, 0) is 11.3 Å². The Morgan fingerprint density at radius 2 is 2.07 bits per heavy atom. The highest BCUT2D eigenvalue weighted by atomic mass is 16.5. The lowest BCUT2D eigenvalue weighted by atomic mass is 9.96. The van der Waals surface area contributed by atoms with Crippen LogP contribution < -0.4 is 14.8 Å². The highest BCUT2D eigenvalue weighted by Crippen LogP contribution is 2.28. The maximum absolute atomic E-state index is 5.72. The van der Waals surface area contributed by atoms with Crippen LogP contribution in [0.5, 0.6) is 11.5 Å². The SMILES string of the molecule is CCCOc1ccc(CNC(=NC)N(C)CCC2CCOCC2)cc1OC. The molecule has 0 amide bonds. The molecule has 0 radical (unpaired) electrons. The number of hydrogen-bond donors (Lipinski definition) is 1. The van der Waals surface area contributed by atoms with E-state index in [2.05, 4.69) is 35.2 Å². The monoisotopic (exact) mass is 377 g/mol. The molecule has 27 heavy (non-hydrogen) atoms. The second-order valence-electron chi connectivity index (χ2n) is 7.00. The van der Waals surface area contributed by atoms with Gasteiger partial charge in [-0.25, -0.2) is 0 Å². The normalized spacial score (nSPS) is 15.5. The molecule has 0 spiro atoms. The molecule has 1 aliphatic heterocycles. The van der Waals surface area contributed by atoms with Crippen molar-refractivity contribution in [2.75, 3.05) is 47.6 Å². The zero-order valence-electron chi connectivity index (χ0n) is 17.3. The van der Waals surface area contributed by atoms with E-state index in [0.29, 0.717) is 13.2 Å². The van der Waals surface area contributed by atoms with Crippen LogP contribution in [0.1, 0.15) is 38.2 Å². The number of nitrogens with zero attached hydrogens (tertiary/aromatic N) is 2. The first kappa shape index (κ1) is 21.4. The van der Waals surface area contributed by atoms with Gasteiger partial charge in [-0.2, -0.15) is 0 Å². The van der Waals surface area contributed by atoms with Crippen LogP contribution in [0.25, 0.3) is 0 Å². The lowest BCUT2D eigenvalue weighted by molar-refractivity contribution is 0.0625. The van der Waals surface area contributed by atoms with Gasteiger partial charge in [0.2, 0.25) is 0 Å². The number of nitrogens with one attached hydrogen (secondary N) is 1. The van der Waals surface area contributed by atoms with Crippen molar-refractivity contribution in [3.8, 4) is 11.5 Å². The predicted octanol–water partition coefficient (Wildman–Crippen LogP) is 3.31. The minimum atomic E-state index is 0.693. The molecular formula is C21H35N3O3. The first-order valence-corrected chi connectivity index (χ1v) is 9.97. The summed E-state index contributed by atoms with van der Waals surface area (Å²) in [5.74, 6) is 3.23. The Bertz CT molecular complexity index is 586. The van der Waals surface area contributed by atoms with Crippen LogP contribution >= 0.6 is 0 Å². The molecular weight excluding hydrogens is 342 g/mol. The van der Waals surface area contributed by atoms with Crippen LogP contribution in [0, 0.1) is 5.92 Å². The van der Waals surface area contributed by atoms with Gasteiger partial charge in [-0.3, -0.25) is 4.99 Å². The van der Waals surface area contributed by atoms with E-state index in [1.54, 1.807) is 7.11 Å². The number of aliphatic imine (C=N–C) groups is 1. The van der Waals surface area contributed by atoms with Crippen LogP contribution in [0.4, 0.5) is 0 Å². The van der Waals surface area contributed by atoms with E-state index in [1.807, 2.05) is 19.2 Å². The van der Waals surface area contributed by atoms with Gasteiger partial charge >= 0.3 is 0 Å². The Labute approximate surface area is 163 Å².